The smallest absolute Gasteiger partial charge is 0.256 e. The predicted octanol–water partition coefficient (Wildman–Crippen LogP) is 7.32. The molecular formula is C28H41N3O3. The van der Waals surface area contributed by atoms with Crippen molar-refractivity contribution in [3.05, 3.63) is 48.2 Å². The number of hydrogen-bond acceptors (Lipinski definition) is 4. The molecule has 0 aliphatic rings. The van der Waals surface area contributed by atoms with Gasteiger partial charge in [0.1, 0.15) is 0 Å². The van der Waals surface area contributed by atoms with Gasteiger partial charge < -0.3 is 15.7 Å². The van der Waals surface area contributed by atoms with Crippen molar-refractivity contribution in [2.45, 2.75) is 90.9 Å². The Hall–Kier alpha value is -2.89. The minimum atomic E-state index is -0.355. The molecule has 0 radical (unpaired) electrons. The maximum atomic E-state index is 13.0. The fourth-order valence-corrected chi connectivity index (χ4v) is 4.03. The summed E-state index contributed by atoms with van der Waals surface area (Å²) >= 11 is 0. The van der Waals surface area contributed by atoms with Crippen LogP contribution in [-0.2, 0) is 4.79 Å². The van der Waals surface area contributed by atoms with Gasteiger partial charge in [-0.2, -0.15) is 0 Å². The number of anilines is 2. The lowest BCUT2D eigenvalue weighted by molar-refractivity contribution is -0.120. The molecule has 34 heavy (non-hydrogen) atoms. The Bertz CT molecular complexity index is 870. The van der Waals surface area contributed by atoms with Gasteiger partial charge in [-0.25, -0.2) is 4.98 Å². The van der Waals surface area contributed by atoms with Crippen LogP contribution < -0.4 is 10.6 Å². The molecule has 6 heteroatoms. The number of carbonyl (C=O) groups is 2. The monoisotopic (exact) mass is 467 g/mol. The average molecular weight is 468 g/mol. The molecule has 1 unspecified atom stereocenters. The normalized spacial score (nSPS) is 11.7. The number of pyridine rings is 1. The number of nitrogens with zero attached hydrogens (tertiary/aromatic N) is 1. The van der Waals surface area contributed by atoms with Crippen molar-refractivity contribution in [3.63, 3.8) is 0 Å². The molecule has 0 spiro atoms. The summed E-state index contributed by atoms with van der Waals surface area (Å²) in [5.41, 5.74) is 0.906. The first-order chi connectivity index (χ1) is 16.5. The summed E-state index contributed by atoms with van der Waals surface area (Å²) in [6, 6.07) is 10.2. The number of nitrogens with one attached hydrogen (secondary N) is 2. The Balaban J connectivity index is 1.93. The molecule has 3 N–H and O–H groups in total. The first kappa shape index (κ1) is 27.4. The molecule has 1 aromatic heterocycles. The predicted molar refractivity (Wildman–Crippen MR) is 139 cm³/mol. The maximum Gasteiger partial charge on any atom is 0.256 e. The lowest BCUT2D eigenvalue weighted by Gasteiger charge is -2.17. The second kappa shape index (κ2) is 15.9. The number of aromatic nitrogens is 1. The van der Waals surface area contributed by atoms with E-state index in [9.17, 15) is 14.7 Å². The fraction of sp³-hybridized carbons (Fsp3) is 0.536. The van der Waals surface area contributed by atoms with Crippen LogP contribution in [0.1, 0.15) is 101 Å². The number of rotatable bonds is 16. The first-order valence-electron chi connectivity index (χ1n) is 12.9. The van der Waals surface area contributed by atoms with Crippen LogP contribution in [0.2, 0.25) is 0 Å². The summed E-state index contributed by atoms with van der Waals surface area (Å²) in [5.74, 6) is -0.534. The highest BCUT2D eigenvalue weighted by atomic mass is 16.3. The minimum absolute atomic E-state index is 0.0210. The number of unbranched alkanes of at least 4 members (excludes halogenated alkanes) is 8. The van der Waals surface area contributed by atoms with Crippen LogP contribution in [0.4, 0.5) is 11.5 Å². The Labute approximate surface area is 204 Å². The van der Waals surface area contributed by atoms with Crippen molar-refractivity contribution in [2.75, 3.05) is 10.6 Å². The van der Waals surface area contributed by atoms with E-state index in [2.05, 4.69) is 29.5 Å². The maximum absolute atomic E-state index is 13.0. The summed E-state index contributed by atoms with van der Waals surface area (Å²) in [4.78, 5) is 29.5. The van der Waals surface area contributed by atoms with Gasteiger partial charge in [0.25, 0.3) is 5.91 Å². The summed E-state index contributed by atoms with van der Waals surface area (Å²) in [5, 5.41) is 15.9. The van der Waals surface area contributed by atoms with Gasteiger partial charge in [0.2, 0.25) is 5.91 Å². The summed E-state index contributed by atoms with van der Waals surface area (Å²) in [6.07, 6.45) is 15.0. The van der Waals surface area contributed by atoms with Gasteiger partial charge in [-0.05, 0) is 25.0 Å². The molecule has 1 aromatic carbocycles. The number of aromatic hydroxyl groups is 1. The second-order valence-corrected chi connectivity index (χ2v) is 9.00. The topological polar surface area (TPSA) is 91.3 Å². The average Bonchev–Trinajstić information content (AvgIpc) is 2.84. The molecule has 6 nitrogen and oxygen atoms in total. The molecule has 0 aliphatic heterocycles. The quantitative estimate of drug-likeness (QED) is 0.226. The Morgan fingerprint density at radius 3 is 2.06 bits per heavy atom. The molecule has 1 atom stereocenters. The Kier molecular flexibility index (Phi) is 12.8. The highest BCUT2D eigenvalue weighted by molar-refractivity contribution is 6.04. The molecule has 0 fully saturated rings. The molecule has 186 valence electrons. The van der Waals surface area contributed by atoms with Crippen LogP contribution in [0.5, 0.6) is 5.75 Å². The molecule has 1 heterocycles. The molecular weight excluding hydrogens is 426 g/mol. The van der Waals surface area contributed by atoms with E-state index >= 15 is 0 Å². The Morgan fingerprint density at radius 2 is 1.44 bits per heavy atom. The van der Waals surface area contributed by atoms with Gasteiger partial charge in [0.15, 0.2) is 11.6 Å². The highest BCUT2D eigenvalue weighted by Crippen LogP contribution is 2.26. The zero-order chi connectivity index (χ0) is 24.6. The van der Waals surface area contributed by atoms with Gasteiger partial charge >= 0.3 is 0 Å². The molecule has 2 rings (SSSR count). The van der Waals surface area contributed by atoms with Crippen LogP contribution in [0.3, 0.4) is 0 Å². The van der Waals surface area contributed by atoms with Gasteiger partial charge in [-0.3, -0.25) is 9.59 Å². The number of carbonyl (C=O) groups excluding carboxylic acids is 2. The van der Waals surface area contributed by atoms with E-state index in [-0.39, 0.29) is 29.3 Å². The van der Waals surface area contributed by atoms with Gasteiger partial charge in [0.05, 0.1) is 11.9 Å². The van der Waals surface area contributed by atoms with E-state index in [0.29, 0.717) is 11.3 Å². The van der Waals surface area contributed by atoms with Crippen molar-refractivity contribution in [1.82, 2.24) is 4.98 Å². The third-order valence-electron chi connectivity index (χ3n) is 6.09. The molecule has 0 aliphatic carbocycles. The van der Waals surface area contributed by atoms with E-state index < -0.39 is 0 Å². The van der Waals surface area contributed by atoms with Gasteiger partial charge in [-0.15, -0.1) is 0 Å². The highest BCUT2D eigenvalue weighted by Gasteiger charge is 2.19. The van der Waals surface area contributed by atoms with Crippen LogP contribution in [0.25, 0.3) is 0 Å². The van der Waals surface area contributed by atoms with Crippen LogP contribution in [0, 0.1) is 5.92 Å². The first-order valence-corrected chi connectivity index (χ1v) is 12.9. The zero-order valence-electron chi connectivity index (χ0n) is 20.8. The zero-order valence-corrected chi connectivity index (χ0v) is 20.8. The number of hydrogen-bond donors (Lipinski definition) is 3. The van der Waals surface area contributed by atoms with E-state index in [1.807, 2.05) is 6.07 Å². The van der Waals surface area contributed by atoms with Gasteiger partial charge in [0, 0.05) is 17.5 Å². The summed E-state index contributed by atoms with van der Waals surface area (Å²) < 4.78 is 0. The second-order valence-electron chi connectivity index (χ2n) is 9.00. The lowest BCUT2D eigenvalue weighted by Crippen LogP contribution is -2.23. The van der Waals surface area contributed by atoms with Crippen molar-refractivity contribution < 1.29 is 14.7 Å². The van der Waals surface area contributed by atoms with Crippen molar-refractivity contribution in [1.29, 1.82) is 0 Å². The SMILES string of the molecule is CCCCCCCCC(CCCCCC)C(=O)Nc1cnc(NC(=O)c2ccccc2)c(O)c1. The Morgan fingerprint density at radius 1 is 0.853 bits per heavy atom. The molecule has 2 amide bonds. The third-order valence-corrected chi connectivity index (χ3v) is 6.09. The summed E-state index contributed by atoms with van der Waals surface area (Å²) in [6.45, 7) is 4.40. The van der Waals surface area contributed by atoms with Crippen LogP contribution in [0.15, 0.2) is 42.6 Å². The molecule has 0 saturated heterocycles. The largest absolute Gasteiger partial charge is 0.504 e. The van der Waals surface area contributed by atoms with Crippen LogP contribution in [-0.4, -0.2) is 21.9 Å². The van der Waals surface area contributed by atoms with Gasteiger partial charge in [-0.1, -0.05) is 96.3 Å². The van der Waals surface area contributed by atoms with E-state index in [4.69, 9.17) is 0 Å². The van der Waals surface area contributed by atoms with E-state index in [1.165, 1.54) is 50.8 Å². The van der Waals surface area contributed by atoms with Crippen molar-refractivity contribution >= 4 is 23.3 Å². The molecule has 2 aromatic rings. The fourth-order valence-electron chi connectivity index (χ4n) is 4.03. The standard InChI is InChI=1S/C28H41N3O3/c1-3-5-7-9-10-13-17-22(16-12-8-6-4-2)27(33)30-24-20-25(32)26(29-21-24)31-28(34)23-18-14-11-15-19-23/h11,14-15,18-22,32H,3-10,12-13,16-17H2,1-2H3,(H,30,33)(H,29,31,34). The number of benzene rings is 1. The third kappa shape index (κ3) is 9.94. The van der Waals surface area contributed by atoms with Crippen LogP contribution >= 0.6 is 0 Å². The molecule has 0 bridgehead atoms. The van der Waals surface area contributed by atoms with Crippen molar-refractivity contribution in [2.24, 2.45) is 5.92 Å². The summed E-state index contributed by atoms with van der Waals surface area (Å²) in [7, 11) is 0. The van der Waals surface area contributed by atoms with E-state index in [0.717, 1.165) is 38.5 Å². The van der Waals surface area contributed by atoms with E-state index in [1.54, 1.807) is 24.3 Å². The number of amides is 2. The van der Waals surface area contributed by atoms with Crippen molar-refractivity contribution in [3.8, 4) is 5.75 Å². The minimum Gasteiger partial charge on any atom is -0.504 e. The lowest BCUT2D eigenvalue weighted by atomic mass is 9.93. The molecule has 0 saturated carbocycles.